The van der Waals surface area contributed by atoms with Crippen LogP contribution in [0.3, 0.4) is 0 Å². The Bertz CT molecular complexity index is 1010. The second kappa shape index (κ2) is 6.30. The molecule has 0 saturated carbocycles. The van der Waals surface area contributed by atoms with Crippen LogP contribution >= 0.6 is 0 Å². The fraction of sp³-hybridized carbons (Fsp3) is 0.238. The molecular weight excluding hydrogens is 358 g/mol. The van der Waals surface area contributed by atoms with E-state index in [0.29, 0.717) is 11.3 Å². The van der Waals surface area contributed by atoms with Gasteiger partial charge in [0, 0.05) is 0 Å². The molecule has 4 rings (SSSR count). The van der Waals surface area contributed by atoms with Gasteiger partial charge >= 0.3 is 5.97 Å². The molecule has 7 nitrogen and oxygen atoms in total. The van der Waals surface area contributed by atoms with Crippen LogP contribution in [-0.4, -0.2) is 30.6 Å². The van der Waals surface area contributed by atoms with Crippen LogP contribution in [0.4, 0.5) is 5.69 Å². The molecule has 0 bridgehead atoms. The van der Waals surface area contributed by atoms with Gasteiger partial charge in [-0.1, -0.05) is 47.5 Å². The summed E-state index contributed by atoms with van der Waals surface area (Å²) in [5.41, 5.74) is 4.26. The number of fused-ring (bicyclic) bond motifs is 1. The molecule has 2 aromatic carbocycles. The second-order valence-electron chi connectivity index (χ2n) is 7.02. The number of hydrogen-bond donors (Lipinski definition) is 1. The van der Waals surface area contributed by atoms with E-state index in [1.54, 1.807) is 24.3 Å². The largest absolute Gasteiger partial charge is 0.464 e. The SMILES string of the molecule is COC(=O)C1=NN[C@@]2(c3ccc(C)cc3)C(=O)N(c3ccc(C)cc3)C(=O)[C@@H]12. The number of imide groups is 1. The van der Waals surface area contributed by atoms with Gasteiger partial charge in [-0.2, -0.15) is 5.10 Å². The normalized spacial score (nSPS) is 23.3. The van der Waals surface area contributed by atoms with Crippen molar-refractivity contribution in [3.05, 3.63) is 65.2 Å². The molecule has 7 heteroatoms. The highest BCUT2D eigenvalue weighted by Gasteiger charge is 2.67. The van der Waals surface area contributed by atoms with Crippen molar-refractivity contribution in [2.75, 3.05) is 12.0 Å². The summed E-state index contributed by atoms with van der Waals surface area (Å²) in [5, 5.41) is 4.03. The number of anilines is 1. The van der Waals surface area contributed by atoms with Crippen LogP contribution in [0.5, 0.6) is 0 Å². The summed E-state index contributed by atoms with van der Waals surface area (Å²) in [7, 11) is 1.22. The maximum absolute atomic E-state index is 13.6. The van der Waals surface area contributed by atoms with Gasteiger partial charge in [0.15, 0.2) is 11.3 Å². The zero-order chi connectivity index (χ0) is 20.1. The number of nitrogens with one attached hydrogen (secondary N) is 1. The molecule has 1 fully saturated rings. The van der Waals surface area contributed by atoms with E-state index < -0.39 is 29.2 Å². The van der Waals surface area contributed by atoms with Gasteiger partial charge in [0.1, 0.15) is 5.92 Å². The standard InChI is InChI=1S/C21H19N3O4/c1-12-4-8-14(9-5-12)21-16(17(22-23-21)19(26)28-3)18(25)24(20(21)27)15-10-6-13(2)7-11-15/h4-11,16,23H,1-3H3/t16-,21-/m1/s1. The van der Waals surface area contributed by atoms with Crippen molar-refractivity contribution in [2.24, 2.45) is 11.0 Å². The highest BCUT2D eigenvalue weighted by Crippen LogP contribution is 2.45. The summed E-state index contributed by atoms with van der Waals surface area (Å²) in [6.07, 6.45) is 0. The molecule has 2 aliphatic heterocycles. The Morgan fingerprint density at radius 2 is 1.61 bits per heavy atom. The Morgan fingerprint density at radius 1 is 1.04 bits per heavy atom. The van der Waals surface area contributed by atoms with Crippen LogP contribution in [0.2, 0.25) is 0 Å². The topological polar surface area (TPSA) is 88.1 Å². The van der Waals surface area contributed by atoms with E-state index in [4.69, 9.17) is 4.74 Å². The van der Waals surface area contributed by atoms with E-state index in [2.05, 4.69) is 10.5 Å². The van der Waals surface area contributed by atoms with Gasteiger partial charge in [-0.05, 0) is 31.5 Å². The van der Waals surface area contributed by atoms with Gasteiger partial charge in [-0.25, -0.2) is 9.69 Å². The molecule has 0 aliphatic carbocycles. The number of nitrogens with zero attached hydrogens (tertiary/aromatic N) is 2. The summed E-state index contributed by atoms with van der Waals surface area (Å²) in [5.74, 6) is -2.82. The van der Waals surface area contributed by atoms with E-state index in [1.807, 2.05) is 38.1 Å². The maximum atomic E-state index is 13.6. The Kier molecular flexibility index (Phi) is 4.03. The fourth-order valence-electron chi connectivity index (χ4n) is 3.74. The first-order valence-corrected chi connectivity index (χ1v) is 8.85. The molecule has 2 atom stereocenters. The van der Waals surface area contributed by atoms with Crippen molar-refractivity contribution in [2.45, 2.75) is 19.4 Å². The molecule has 2 aliphatic rings. The molecule has 28 heavy (non-hydrogen) atoms. The maximum Gasteiger partial charge on any atom is 0.355 e. The fourth-order valence-corrected chi connectivity index (χ4v) is 3.74. The number of ether oxygens (including phenoxy) is 1. The number of esters is 1. The van der Waals surface area contributed by atoms with Gasteiger partial charge < -0.3 is 4.74 Å². The van der Waals surface area contributed by atoms with E-state index >= 15 is 0 Å². The summed E-state index contributed by atoms with van der Waals surface area (Å²) < 4.78 is 4.79. The first-order chi connectivity index (χ1) is 13.4. The third-order valence-corrected chi connectivity index (χ3v) is 5.26. The third-order valence-electron chi connectivity index (χ3n) is 5.26. The van der Waals surface area contributed by atoms with Crippen molar-refractivity contribution in [3.8, 4) is 0 Å². The predicted octanol–water partition coefficient (Wildman–Crippen LogP) is 1.82. The highest BCUT2D eigenvalue weighted by molar-refractivity contribution is 6.47. The van der Waals surface area contributed by atoms with Gasteiger partial charge in [0.25, 0.3) is 5.91 Å². The third kappa shape index (κ3) is 2.36. The lowest BCUT2D eigenvalue weighted by Crippen LogP contribution is -2.48. The smallest absolute Gasteiger partial charge is 0.355 e. The first kappa shape index (κ1) is 17.9. The average molecular weight is 377 g/mol. The molecule has 0 spiro atoms. The van der Waals surface area contributed by atoms with E-state index in [1.165, 1.54) is 7.11 Å². The van der Waals surface area contributed by atoms with Crippen molar-refractivity contribution in [3.63, 3.8) is 0 Å². The molecule has 1 saturated heterocycles. The Hall–Kier alpha value is -3.48. The number of hydrogen-bond acceptors (Lipinski definition) is 6. The van der Waals surface area contributed by atoms with Crippen LogP contribution in [0.25, 0.3) is 0 Å². The molecule has 2 aromatic rings. The van der Waals surface area contributed by atoms with Gasteiger partial charge in [-0.15, -0.1) is 0 Å². The molecule has 142 valence electrons. The van der Waals surface area contributed by atoms with Crippen LogP contribution in [0.15, 0.2) is 53.6 Å². The molecule has 0 unspecified atom stereocenters. The van der Waals surface area contributed by atoms with Crippen LogP contribution in [-0.2, 0) is 24.7 Å². The van der Waals surface area contributed by atoms with Crippen molar-refractivity contribution >= 4 is 29.2 Å². The number of aryl methyl sites for hydroxylation is 2. The van der Waals surface area contributed by atoms with Crippen LogP contribution in [0.1, 0.15) is 16.7 Å². The quantitative estimate of drug-likeness (QED) is 0.651. The van der Waals surface area contributed by atoms with Crippen molar-refractivity contribution in [1.82, 2.24) is 5.43 Å². The minimum Gasteiger partial charge on any atom is -0.464 e. The second-order valence-corrected chi connectivity index (χ2v) is 7.02. The number of carbonyl (C=O) groups excluding carboxylic acids is 3. The number of rotatable bonds is 3. The Morgan fingerprint density at radius 3 is 2.18 bits per heavy atom. The number of benzene rings is 2. The zero-order valence-electron chi connectivity index (χ0n) is 15.7. The summed E-state index contributed by atoms with van der Waals surface area (Å²) in [6, 6.07) is 14.3. The van der Waals surface area contributed by atoms with Crippen LogP contribution in [0, 0.1) is 19.8 Å². The highest BCUT2D eigenvalue weighted by atomic mass is 16.5. The van der Waals surface area contributed by atoms with E-state index in [-0.39, 0.29) is 5.71 Å². The molecule has 1 N–H and O–H groups in total. The van der Waals surface area contributed by atoms with E-state index in [9.17, 15) is 14.4 Å². The van der Waals surface area contributed by atoms with Gasteiger partial charge in [-0.3, -0.25) is 15.0 Å². The minimum atomic E-state index is -1.47. The lowest BCUT2D eigenvalue weighted by atomic mass is 9.78. The number of carbonyl (C=O) groups is 3. The molecule has 2 heterocycles. The Labute approximate surface area is 162 Å². The predicted molar refractivity (Wildman–Crippen MR) is 103 cm³/mol. The lowest BCUT2D eigenvalue weighted by molar-refractivity contribution is -0.133. The Balaban J connectivity index is 1.88. The summed E-state index contributed by atoms with van der Waals surface area (Å²) in [4.78, 5) is 40.3. The molecule has 0 radical (unpaired) electrons. The monoisotopic (exact) mass is 377 g/mol. The number of methoxy groups -OCH3 is 1. The zero-order valence-corrected chi connectivity index (χ0v) is 15.7. The van der Waals surface area contributed by atoms with E-state index in [0.717, 1.165) is 16.0 Å². The molecule has 0 aromatic heterocycles. The lowest BCUT2D eigenvalue weighted by Gasteiger charge is -2.26. The average Bonchev–Trinajstić information content (AvgIpc) is 3.19. The molecule has 2 amide bonds. The summed E-state index contributed by atoms with van der Waals surface area (Å²) >= 11 is 0. The summed E-state index contributed by atoms with van der Waals surface area (Å²) in [6.45, 7) is 3.85. The van der Waals surface area contributed by atoms with Crippen LogP contribution < -0.4 is 10.3 Å². The van der Waals surface area contributed by atoms with Gasteiger partial charge in [0.2, 0.25) is 5.91 Å². The molecular formula is C21H19N3O4. The van der Waals surface area contributed by atoms with Crippen molar-refractivity contribution in [1.29, 1.82) is 0 Å². The van der Waals surface area contributed by atoms with Crippen molar-refractivity contribution < 1.29 is 19.1 Å². The van der Waals surface area contributed by atoms with Gasteiger partial charge in [0.05, 0.1) is 12.8 Å². The number of hydrazone groups is 1. The minimum absolute atomic E-state index is 0.101. The number of amides is 2. The first-order valence-electron chi connectivity index (χ1n) is 8.85.